The molecule has 0 aliphatic rings. The molecule has 0 radical (unpaired) electrons. The molecule has 5 nitrogen and oxygen atoms in total. The number of hydrogen-bond donors (Lipinski definition) is 2. The van der Waals surface area contributed by atoms with E-state index in [1.807, 2.05) is 31.2 Å². The quantitative estimate of drug-likeness (QED) is 0.771. The van der Waals surface area contributed by atoms with E-state index in [2.05, 4.69) is 5.32 Å². The number of rotatable bonds is 7. The summed E-state index contributed by atoms with van der Waals surface area (Å²) in [7, 11) is 0. The highest BCUT2D eigenvalue weighted by molar-refractivity contribution is 5.91. The summed E-state index contributed by atoms with van der Waals surface area (Å²) in [6, 6.07) is 10.8. The maximum Gasteiger partial charge on any atom is 0.244 e. The molecule has 0 fully saturated rings. The lowest BCUT2D eigenvalue weighted by Gasteiger charge is -2.07. The molecular formula is C17H19NO4. The largest absolute Gasteiger partial charge is 0.494 e. The maximum absolute atomic E-state index is 11.7. The molecule has 2 N–H and O–H groups in total. The van der Waals surface area contributed by atoms with E-state index in [-0.39, 0.29) is 12.5 Å². The van der Waals surface area contributed by atoms with Crippen molar-refractivity contribution >= 4 is 12.0 Å². The molecule has 0 saturated heterocycles. The van der Waals surface area contributed by atoms with Gasteiger partial charge in [0.05, 0.1) is 19.4 Å². The van der Waals surface area contributed by atoms with Crippen LogP contribution in [0.5, 0.6) is 5.75 Å². The molecule has 2 rings (SSSR count). The van der Waals surface area contributed by atoms with Gasteiger partial charge >= 0.3 is 0 Å². The number of ether oxygens (including phenoxy) is 1. The summed E-state index contributed by atoms with van der Waals surface area (Å²) in [5.74, 6) is 0.945. The van der Waals surface area contributed by atoms with Crippen LogP contribution in [0, 0.1) is 0 Å². The lowest BCUT2D eigenvalue weighted by molar-refractivity contribution is -0.116. The fourth-order valence-electron chi connectivity index (χ4n) is 1.85. The third kappa shape index (κ3) is 4.79. The summed E-state index contributed by atoms with van der Waals surface area (Å²) in [6.45, 7) is 2.64. The first kappa shape index (κ1) is 15.9. The zero-order valence-electron chi connectivity index (χ0n) is 12.4. The molecule has 2 aromatic rings. The molecule has 0 bridgehead atoms. The summed E-state index contributed by atoms with van der Waals surface area (Å²) < 4.78 is 10.4. The molecule has 1 unspecified atom stereocenters. The molecule has 1 atom stereocenters. The van der Waals surface area contributed by atoms with Gasteiger partial charge in [-0.3, -0.25) is 4.79 Å². The van der Waals surface area contributed by atoms with E-state index < -0.39 is 6.10 Å². The zero-order valence-corrected chi connectivity index (χ0v) is 12.4. The summed E-state index contributed by atoms with van der Waals surface area (Å²) in [5.41, 5.74) is 0.894. The van der Waals surface area contributed by atoms with Gasteiger partial charge in [-0.2, -0.15) is 0 Å². The first-order valence-electron chi connectivity index (χ1n) is 7.09. The molecule has 5 heteroatoms. The van der Waals surface area contributed by atoms with Crippen LogP contribution in [0.4, 0.5) is 0 Å². The van der Waals surface area contributed by atoms with Gasteiger partial charge in [0.2, 0.25) is 5.91 Å². The number of hydrogen-bond acceptors (Lipinski definition) is 4. The standard InChI is InChI=1S/C17H19NO4/c1-2-21-14-8-5-13(6-9-14)7-10-17(20)18-12-15(19)16-4-3-11-22-16/h3-11,15,19H,2,12H2,1H3,(H,18,20)/b10-7+. The zero-order chi connectivity index (χ0) is 15.8. The van der Waals surface area contributed by atoms with E-state index in [4.69, 9.17) is 9.15 Å². The first-order chi connectivity index (χ1) is 10.7. The number of nitrogens with one attached hydrogen (secondary N) is 1. The second-order valence-electron chi connectivity index (χ2n) is 4.61. The molecule has 1 aromatic carbocycles. The van der Waals surface area contributed by atoms with Crippen LogP contribution in [0.15, 0.2) is 53.2 Å². The molecule has 0 saturated carbocycles. The fraction of sp³-hybridized carbons (Fsp3) is 0.235. The highest BCUT2D eigenvalue weighted by atomic mass is 16.5. The van der Waals surface area contributed by atoms with Gasteiger partial charge < -0.3 is 19.6 Å². The maximum atomic E-state index is 11.7. The van der Waals surface area contributed by atoms with Gasteiger partial charge in [-0.05, 0) is 42.8 Å². The van der Waals surface area contributed by atoms with E-state index in [1.54, 1.807) is 18.2 Å². The minimum absolute atomic E-state index is 0.0972. The summed E-state index contributed by atoms with van der Waals surface area (Å²) in [4.78, 5) is 11.7. The third-order valence-corrected chi connectivity index (χ3v) is 2.96. The predicted octanol–water partition coefficient (Wildman–Crippen LogP) is 2.54. The SMILES string of the molecule is CCOc1ccc(/C=C/C(=O)NCC(O)c2ccco2)cc1. The molecule has 1 amide bonds. The van der Waals surface area contributed by atoms with Crippen LogP contribution < -0.4 is 10.1 Å². The van der Waals surface area contributed by atoms with E-state index in [0.29, 0.717) is 12.4 Å². The lowest BCUT2D eigenvalue weighted by Crippen LogP contribution is -2.26. The van der Waals surface area contributed by atoms with Gasteiger partial charge in [-0.25, -0.2) is 0 Å². The first-order valence-corrected chi connectivity index (χ1v) is 7.09. The fourth-order valence-corrected chi connectivity index (χ4v) is 1.85. The average Bonchev–Trinajstić information content (AvgIpc) is 3.07. The predicted molar refractivity (Wildman–Crippen MR) is 83.3 cm³/mol. The Hall–Kier alpha value is -2.53. The highest BCUT2D eigenvalue weighted by Gasteiger charge is 2.10. The van der Waals surface area contributed by atoms with Crippen molar-refractivity contribution in [3.05, 3.63) is 60.1 Å². The van der Waals surface area contributed by atoms with Crippen molar-refractivity contribution < 1.29 is 19.1 Å². The van der Waals surface area contributed by atoms with Crippen molar-refractivity contribution in [1.29, 1.82) is 0 Å². The molecule has 1 aromatic heterocycles. The molecule has 116 valence electrons. The van der Waals surface area contributed by atoms with E-state index in [1.165, 1.54) is 12.3 Å². The Morgan fingerprint density at radius 1 is 1.36 bits per heavy atom. The number of aliphatic hydroxyl groups excluding tert-OH is 1. The monoisotopic (exact) mass is 301 g/mol. The number of carbonyl (C=O) groups excluding carboxylic acids is 1. The third-order valence-electron chi connectivity index (χ3n) is 2.96. The van der Waals surface area contributed by atoms with Crippen LogP contribution in [-0.4, -0.2) is 24.2 Å². The average molecular weight is 301 g/mol. The van der Waals surface area contributed by atoms with Crippen LogP contribution in [0.3, 0.4) is 0 Å². The van der Waals surface area contributed by atoms with Crippen molar-refractivity contribution in [2.45, 2.75) is 13.0 Å². The van der Waals surface area contributed by atoms with Gasteiger partial charge in [0.15, 0.2) is 0 Å². The Balaban J connectivity index is 1.80. The summed E-state index contributed by atoms with van der Waals surface area (Å²) in [5, 5.41) is 12.4. The Labute approximate surface area is 129 Å². The molecule has 0 aliphatic carbocycles. The highest BCUT2D eigenvalue weighted by Crippen LogP contribution is 2.13. The van der Waals surface area contributed by atoms with Crippen LogP contribution in [0.1, 0.15) is 24.4 Å². The topological polar surface area (TPSA) is 71.7 Å². The van der Waals surface area contributed by atoms with Crippen LogP contribution in [0.2, 0.25) is 0 Å². The number of amides is 1. The van der Waals surface area contributed by atoms with Gasteiger partial charge in [0.25, 0.3) is 0 Å². The van der Waals surface area contributed by atoms with Crippen molar-refractivity contribution in [2.24, 2.45) is 0 Å². The lowest BCUT2D eigenvalue weighted by atomic mass is 10.2. The van der Waals surface area contributed by atoms with Gasteiger partial charge in [-0.15, -0.1) is 0 Å². The van der Waals surface area contributed by atoms with Crippen LogP contribution in [0.25, 0.3) is 6.08 Å². The van der Waals surface area contributed by atoms with Crippen molar-refractivity contribution in [3.63, 3.8) is 0 Å². The van der Waals surface area contributed by atoms with Crippen LogP contribution >= 0.6 is 0 Å². The normalized spacial score (nSPS) is 12.3. The number of benzene rings is 1. The number of furan rings is 1. The minimum atomic E-state index is -0.849. The molecule has 0 spiro atoms. The van der Waals surface area contributed by atoms with E-state index in [0.717, 1.165) is 11.3 Å². The molecular weight excluding hydrogens is 282 g/mol. The van der Waals surface area contributed by atoms with Crippen molar-refractivity contribution in [3.8, 4) is 5.75 Å². The Bertz CT molecular complexity index is 602. The molecule has 0 aliphatic heterocycles. The molecule has 1 heterocycles. The Morgan fingerprint density at radius 3 is 2.77 bits per heavy atom. The smallest absolute Gasteiger partial charge is 0.244 e. The summed E-state index contributed by atoms with van der Waals surface area (Å²) >= 11 is 0. The van der Waals surface area contributed by atoms with Crippen molar-refractivity contribution in [1.82, 2.24) is 5.32 Å². The number of carbonyl (C=O) groups is 1. The van der Waals surface area contributed by atoms with Crippen molar-refractivity contribution in [2.75, 3.05) is 13.2 Å². The van der Waals surface area contributed by atoms with Gasteiger partial charge in [-0.1, -0.05) is 12.1 Å². The van der Waals surface area contributed by atoms with E-state index >= 15 is 0 Å². The second-order valence-corrected chi connectivity index (χ2v) is 4.61. The molecule has 22 heavy (non-hydrogen) atoms. The Morgan fingerprint density at radius 2 is 2.14 bits per heavy atom. The van der Waals surface area contributed by atoms with Crippen LogP contribution in [-0.2, 0) is 4.79 Å². The summed E-state index contributed by atoms with van der Waals surface area (Å²) in [6.07, 6.45) is 3.75. The van der Waals surface area contributed by atoms with Gasteiger partial charge in [0.1, 0.15) is 17.6 Å². The minimum Gasteiger partial charge on any atom is -0.494 e. The number of aliphatic hydroxyl groups is 1. The van der Waals surface area contributed by atoms with Gasteiger partial charge in [0, 0.05) is 6.08 Å². The Kier molecular flexibility index (Phi) is 5.80. The second kappa shape index (κ2) is 8.05. The van der Waals surface area contributed by atoms with E-state index in [9.17, 15) is 9.90 Å².